The van der Waals surface area contributed by atoms with E-state index in [9.17, 15) is 9.90 Å². The highest BCUT2D eigenvalue weighted by molar-refractivity contribution is 5.95. The predicted molar refractivity (Wildman–Crippen MR) is 90.6 cm³/mol. The average Bonchev–Trinajstić information content (AvgIpc) is 2.94. The topological polar surface area (TPSA) is 65.1 Å². The number of aliphatic hydroxyl groups excluding tert-OH is 1. The van der Waals surface area contributed by atoms with Gasteiger partial charge in [-0.2, -0.15) is 0 Å². The van der Waals surface area contributed by atoms with Gasteiger partial charge >= 0.3 is 0 Å². The van der Waals surface area contributed by atoms with Crippen molar-refractivity contribution in [3.05, 3.63) is 58.9 Å². The molecule has 1 atom stereocenters. The van der Waals surface area contributed by atoms with Crippen LogP contribution in [-0.2, 0) is 6.42 Å². The minimum Gasteiger partial charge on any atom is -0.394 e. The number of H-pyrrole nitrogens is 1. The van der Waals surface area contributed by atoms with Gasteiger partial charge in [0, 0.05) is 11.9 Å². The molecule has 0 bridgehead atoms. The maximum Gasteiger partial charge on any atom is 0.253 e. The molecule has 23 heavy (non-hydrogen) atoms. The Bertz CT molecular complexity index is 674. The summed E-state index contributed by atoms with van der Waals surface area (Å²) < 4.78 is 0. The summed E-state index contributed by atoms with van der Waals surface area (Å²) in [5.74, 6) is 0.384. The van der Waals surface area contributed by atoms with Crippen LogP contribution in [-0.4, -0.2) is 28.6 Å². The summed E-state index contributed by atoms with van der Waals surface area (Å²) in [6, 6.07) is 9.73. The molecule has 1 aromatic heterocycles. The maximum atomic E-state index is 12.6. The summed E-state index contributed by atoms with van der Waals surface area (Å²) in [6.45, 7) is 1.98. The van der Waals surface area contributed by atoms with E-state index in [2.05, 4.69) is 16.4 Å². The minimum absolute atomic E-state index is 0.0666. The number of amides is 1. The molecule has 0 aliphatic heterocycles. The molecule has 1 unspecified atom stereocenters. The number of aryl methyl sites for hydroxylation is 1. The van der Waals surface area contributed by atoms with Crippen LogP contribution in [0.3, 0.4) is 0 Å². The minimum atomic E-state index is -0.270. The second kappa shape index (κ2) is 7.01. The first-order chi connectivity index (χ1) is 11.2. The first-order valence-electron chi connectivity index (χ1n) is 8.32. The molecule has 1 aliphatic carbocycles. The van der Waals surface area contributed by atoms with Crippen LogP contribution in [0.4, 0.5) is 0 Å². The zero-order valence-corrected chi connectivity index (χ0v) is 13.5. The Balaban J connectivity index is 1.66. The Morgan fingerprint density at radius 3 is 2.87 bits per heavy atom. The van der Waals surface area contributed by atoms with E-state index < -0.39 is 0 Å². The number of hydrogen-bond acceptors (Lipinski definition) is 2. The number of carbonyl (C=O) groups excluding carboxylic acids is 1. The first kappa shape index (κ1) is 15.8. The molecule has 4 nitrogen and oxygen atoms in total. The van der Waals surface area contributed by atoms with Crippen molar-refractivity contribution in [1.29, 1.82) is 0 Å². The standard InChI is InChI=1S/C19H24N2O2/c1-13-4-2-5-14(10-13)11-16(12-22)21-19(23)17-8-9-20-18(17)15-6-3-7-15/h2,4-5,8-10,15-16,20,22H,3,6-7,11-12H2,1H3,(H,21,23). The van der Waals surface area contributed by atoms with E-state index >= 15 is 0 Å². The predicted octanol–water partition coefficient (Wildman–Crippen LogP) is 2.92. The molecule has 2 aromatic rings. The number of rotatable bonds is 6. The Hall–Kier alpha value is -2.07. The Kier molecular flexibility index (Phi) is 4.82. The molecule has 0 spiro atoms. The van der Waals surface area contributed by atoms with Crippen molar-refractivity contribution in [3.63, 3.8) is 0 Å². The van der Waals surface area contributed by atoms with Crippen LogP contribution in [0.5, 0.6) is 0 Å². The number of benzene rings is 1. The van der Waals surface area contributed by atoms with Crippen LogP contribution >= 0.6 is 0 Å². The van der Waals surface area contributed by atoms with E-state index in [-0.39, 0.29) is 18.6 Å². The van der Waals surface area contributed by atoms with Gasteiger partial charge in [0.25, 0.3) is 5.91 Å². The molecule has 1 amide bonds. The number of nitrogens with one attached hydrogen (secondary N) is 2. The zero-order chi connectivity index (χ0) is 16.2. The van der Waals surface area contributed by atoms with Crippen LogP contribution in [0.15, 0.2) is 36.5 Å². The van der Waals surface area contributed by atoms with E-state index in [4.69, 9.17) is 0 Å². The summed E-state index contributed by atoms with van der Waals surface area (Å²) in [6.07, 6.45) is 5.99. The fraction of sp³-hybridized carbons (Fsp3) is 0.421. The molecule has 122 valence electrons. The third-order valence-electron chi connectivity index (χ3n) is 4.66. The number of aromatic nitrogens is 1. The quantitative estimate of drug-likeness (QED) is 0.768. The molecule has 1 aliphatic rings. The van der Waals surface area contributed by atoms with Gasteiger partial charge in [0.2, 0.25) is 0 Å². The van der Waals surface area contributed by atoms with Crippen molar-refractivity contribution in [2.45, 2.75) is 44.6 Å². The zero-order valence-electron chi connectivity index (χ0n) is 13.5. The highest BCUT2D eigenvalue weighted by Gasteiger charge is 2.26. The Labute approximate surface area is 136 Å². The Morgan fingerprint density at radius 2 is 2.22 bits per heavy atom. The summed E-state index contributed by atoms with van der Waals surface area (Å²) in [4.78, 5) is 15.8. The Morgan fingerprint density at radius 1 is 1.39 bits per heavy atom. The van der Waals surface area contributed by atoms with Crippen molar-refractivity contribution in [2.75, 3.05) is 6.61 Å². The molecule has 1 fully saturated rings. The van der Waals surface area contributed by atoms with Crippen LogP contribution in [0, 0.1) is 6.92 Å². The fourth-order valence-corrected chi connectivity index (χ4v) is 3.16. The number of aliphatic hydroxyl groups is 1. The van der Waals surface area contributed by atoms with Crippen LogP contribution in [0.1, 0.15) is 52.4 Å². The van der Waals surface area contributed by atoms with Gasteiger partial charge in [-0.1, -0.05) is 36.2 Å². The van der Waals surface area contributed by atoms with Gasteiger partial charge in [0.05, 0.1) is 18.2 Å². The normalized spacial score (nSPS) is 15.9. The van der Waals surface area contributed by atoms with E-state index in [1.807, 2.05) is 37.4 Å². The summed E-state index contributed by atoms with van der Waals surface area (Å²) in [7, 11) is 0. The van der Waals surface area contributed by atoms with Crippen molar-refractivity contribution >= 4 is 5.91 Å². The van der Waals surface area contributed by atoms with Gasteiger partial charge in [-0.15, -0.1) is 0 Å². The molecule has 3 N–H and O–H groups in total. The highest BCUT2D eigenvalue weighted by Crippen LogP contribution is 2.37. The van der Waals surface area contributed by atoms with Gasteiger partial charge in [0.1, 0.15) is 0 Å². The van der Waals surface area contributed by atoms with Crippen LogP contribution in [0.25, 0.3) is 0 Å². The maximum absolute atomic E-state index is 12.6. The van der Waals surface area contributed by atoms with Crippen molar-refractivity contribution in [1.82, 2.24) is 10.3 Å². The van der Waals surface area contributed by atoms with Gasteiger partial charge in [0.15, 0.2) is 0 Å². The van der Waals surface area contributed by atoms with E-state index in [0.717, 1.165) is 29.7 Å². The van der Waals surface area contributed by atoms with Crippen molar-refractivity contribution in [2.24, 2.45) is 0 Å². The second-order valence-corrected chi connectivity index (χ2v) is 6.48. The molecule has 0 radical (unpaired) electrons. The summed E-state index contributed by atoms with van der Waals surface area (Å²) >= 11 is 0. The number of carbonyl (C=O) groups is 1. The lowest BCUT2D eigenvalue weighted by atomic mass is 9.81. The second-order valence-electron chi connectivity index (χ2n) is 6.48. The van der Waals surface area contributed by atoms with Crippen molar-refractivity contribution < 1.29 is 9.90 Å². The molecule has 1 aromatic carbocycles. The van der Waals surface area contributed by atoms with E-state index in [1.165, 1.54) is 12.0 Å². The van der Waals surface area contributed by atoms with Crippen LogP contribution in [0.2, 0.25) is 0 Å². The fourth-order valence-electron chi connectivity index (χ4n) is 3.16. The van der Waals surface area contributed by atoms with Crippen LogP contribution < -0.4 is 5.32 Å². The number of hydrogen-bond donors (Lipinski definition) is 3. The van der Waals surface area contributed by atoms with Gasteiger partial charge < -0.3 is 15.4 Å². The third-order valence-corrected chi connectivity index (χ3v) is 4.66. The largest absolute Gasteiger partial charge is 0.394 e. The molecular formula is C19H24N2O2. The van der Waals surface area contributed by atoms with Crippen molar-refractivity contribution in [3.8, 4) is 0 Å². The third kappa shape index (κ3) is 3.64. The first-order valence-corrected chi connectivity index (χ1v) is 8.32. The van der Waals surface area contributed by atoms with Gasteiger partial charge in [-0.3, -0.25) is 4.79 Å². The van der Waals surface area contributed by atoms with E-state index in [1.54, 1.807) is 0 Å². The molecular weight excluding hydrogens is 288 g/mol. The highest BCUT2D eigenvalue weighted by atomic mass is 16.3. The summed E-state index contributed by atoms with van der Waals surface area (Å²) in [5.41, 5.74) is 4.07. The SMILES string of the molecule is Cc1cccc(CC(CO)NC(=O)c2cc[nH]c2C2CCC2)c1. The molecule has 0 saturated heterocycles. The lowest BCUT2D eigenvalue weighted by molar-refractivity contribution is 0.0914. The summed E-state index contributed by atoms with van der Waals surface area (Å²) in [5, 5.41) is 12.6. The molecule has 1 saturated carbocycles. The van der Waals surface area contributed by atoms with Gasteiger partial charge in [-0.05, 0) is 43.7 Å². The molecule has 4 heteroatoms. The molecule has 3 rings (SSSR count). The monoisotopic (exact) mass is 312 g/mol. The lowest BCUT2D eigenvalue weighted by Crippen LogP contribution is -2.39. The smallest absolute Gasteiger partial charge is 0.253 e. The van der Waals surface area contributed by atoms with Gasteiger partial charge in [-0.25, -0.2) is 0 Å². The lowest BCUT2D eigenvalue weighted by Gasteiger charge is -2.26. The average molecular weight is 312 g/mol. The number of aromatic amines is 1. The van der Waals surface area contributed by atoms with E-state index in [0.29, 0.717) is 12.3 Å². The molecule has 1 heterocycles.